The molecule has 0 radical (unpaired) electrons. The molecule has 1 N–H and O–H groups in total. The lowest BCUT2D eigenvalue weighted by Gasteiger charge is -2.25. The largest absolute Gasteiger partial charge is 0.376 e. The van der Waals surface area contributed by atoms with Gasteiger partial charge in [-0.2, -0.15) is 0 Å². The minimum absolute atomic E-state index is 0.458. The van der Waals surface area contributed by atoms with Crippen LogP contribution in [0, 0.1) is 0 Å². The average molecular weight is 200 g/mol. The van der Waals surface area contributed by atoms with Crippen LogP contribution < -0.4 is 5.32 Å². The van der Waals surface area contributed by atoms with Crippen LogP contribution in [0.3, 0.4) is 0 Å². The monoisotopic (exact) mass is 200 g/mol. The third-order valence-corrected chi connectivity index (χ3v) is 2.91. The van der Waals surface area contributed by atoms with Crippen molar-refractivity contribution in [2.24, 2.45) is 0 Å². The lowest BCUT2D eigenvalue weighted by Crippen LogP contribution is -2.37. The Balaban J connectivity index is 2.01. The summed E-state index contributed by atoms with van der Waals surface area (Å²) in [6.45, 7) is 10.8. The second-order valence-electron chi connectivity index (χ2n) is 3.87. The molecule has 0 aromatic rings. The van der Waals surface area contributed by atoms with Crippen LogP contribution in [-0.4, -0.2) is 50.3 Å². The third-order valence-electron chi connectivity index (χ3n) is 2.91. The van der Waals surface area contributed by atoms with Crippen molar-refractivity contribution < 1.29 is 4.74 Å². The molecule has 1 unspecified atom stereocenters. The standard InChI is InChI=1S/C11H24N2O/c1-3-13(4-2)8-9-14-11-6-5-7-12-10-11/h11-12H,3-10H2,1-2H3. The molecule has 0 aromatic heterocycles. The molecule has 0 spiro atoms. The Bertz CT molecular complexity index is 131. The van der Waals surface area contributed by atoms with Gasteiger partial charge in [0.15, 0.2) is 0 Å². The maximum Gasteiger partial charge on any atom is 0.0700 e. The number of likely N-dealkylation sites (N-methyl/N-ethyl adjacent to an activating group) is 1. The molecule has 1 fully saturated rings. The van der Waals surface area contributed by atoms with E-state index in [1.807, 2.05) is 0 Å². The number of nitrogens with one attached hydrogen (secondary N) is 1. The molecule has 14 heavy (non-hydrogen) atoms. The van der Waals surface area contributed by atoms with Crippen LogP contribution in [0.5, 0.6) is 0 Å². The number of nitrogens with zero attached hydrogens (tertiary/aromatic N) is 1. The van der Waals surface area contributed by atoms with E-state index in [1.54, 1.807) is 0 Å². The summed E-state index contributed by atoms with van der Waals surface area (Å²) >= 11 is 0. The number of hydrogen-bond donors (Lipinski definition) is 1. The summed E-state index contributed by atoms with van der Waals surface area (Å²) in [5.74, 6) is 0. The molecule has 0 aliphatic carbocycles. The van der Waals surface area contributed by atoms with Crippen molar-refractivity contribution in [1.29, 1.82) is 0 Å². The highest BCUT2D eigenvalue weighted by molar-refractivity contribution is 4.68. The minimum Gasteiger partial charge on any atom is -0.376 e. The van der Waals surface area contributed by atoms with Gasteiger partial charge in [-0.25, -0.2) is 0 Å². The first-order valence-corrected chi connectivity index (χ1v) is 5.91. The fraction of sp³-hybridized carbons (Fsp3) is 1.00. The summed E-state index contributed by atoms with van der Waals surface area (Å²) in [4.78, 5) is 2.40. The molecule has 0 amide bonds. The number of ether oxygens (including phenoxy) is 1. The smallest absolute Gasteiger partial charge is 0.0700 e. The molecule has 1 aliphatic rings. The van der Waals surface area contributed by atoms with Crippen molar-refractivity contribution in [3.8, 4) is 0 Å². The quantitative estimate of drug-likeness (QED) is 0.695. The lowest BCUT2D eigenvalue weighted by atomic mass is 10.1. The summed E-state index contributed by atoms with van der Waals surface area (Å²) in [5, 5.41) is 3.36. The zero-order valence-corrected chi connectivity index (χ0v) is 9.59. The average Bonchev–Trinajstić information content (AvgIpc) is 2.26. The van der Waals surface area contributed by atoms with Gasteiger partial charge < -0.3 is 15.0 Å². The molecule has 1 rings (SSSR count). The topological polar surface area (TPSA) is 24.5 Å². The van der Waals surface area contributed by atoms with Gasteiger partial charge in [-0.3, -0.25) is 0 Å². The van der Waals surface area contributed by atoms with E-state index in [0.717, 1.165) is 39.3 Å². The molecule has 1 heterocycles. The number of piperidine rings is 1. The normalized spacial score (nSPS) is 22.9. The Hall–Kier alpha value is -0.120. The van der Waals surface area contributed by atoms with Crippen LogP contribution in [0.2, 0.25) is 0 Å². The van der Waals surface area contributed by atoms with Gasteiger partial charge in [0.1, 0.15) is 0 Å². The van der Waals surface area contributed by atoms with Gasteiger partial charge in [-0.05, 0) is 32.5 Å². The maximum absolute atomic E-state index is 5.81. The van der Waals surface area contributed by atoms with E-state index in [4.69, 9.17) is 4.74 Å². The van der Waals surface area contributed by atoms with E-state index in [-0.39, 0.29) is 0 Å². The summed E-state index contributed by atoms with van der Waals surface area (Å²) in [5.41, 5.74) is 0. The van der Waals surface area contributed by atoms with E-state index < -0.39 is 0 Å². The molecule has 1 atom stereocenters. The Morgan fingerprint density at radius 1 is 1.36 bits per heavy atom. The second kappa shape index (κ2) is 7.21. The van der Waals surface area contributed by atoms with Gasteiger partial charge in [-0.1, -0.05) is 13.8 Å². The van der Waals surface area contributed by atoms with Crippen LogP contribution >= 0.6 is 0 Å². The van der Waals surface area contributed by atoms with E-state index >= 15 is 0 Å². The molecule has 0 bridgehead atoms. The van der Waals surface area contributed by atoms with Crippen LogP contribution in [-0.2, 0) is 4.74 Å². The van der Waals surface area contributed by atoms with E-state index in [2.05, 4.69) is 24.1 Å². The van der Waals surface area contributed by atoms with Crippen LogP contribution in [0.4, 0.5) is 0 Å². The predicted molar refractivity (Wildman–Crippen MR) is 59.6 cm³/mol. The minimum atomic E-state index is 0.458. The van der Waals surface area contributed by atoms with Crippen molar-refractivity contribution in [1.82, 2.24) is 10.2 Å². The fourth-order valence-electron chi connectivity index (χ4n) is 1.85. The number of hydrogen-bond acceptors (Lipinski definition) is 3. The molecular weight excluding hydrogens is 176 g/mol. The summed E-state index contributed by atoms with van der Waals surface area (Å²) in [6, 6.07) is 0. The summed E-state index contributed by atoms with van der Waals surface area (Å²) in [6.07, 6.45) is 2.94. The lowest BCUT2D eigenvalue weighted by molar-refractivity contribution is 0.0251. The SMILES string of the molecule is CCN(CC)CCOC1CCCNC1. The van der Waals surface area contributed by atoms with Crippen LogP contribution in [0.25, 0.3) is 0 Å². The molecule has 1 saturated heterocycles. The highest BCUT2D eigenvalue weighted by atomic mass is 16.5. The first kappa shape index (κ1) is 12.0. The molecular formula is C11H24N2O. The van der Waals surface area contributed by atoms with Gasteiger partial charge in [-0.15, -0.1) is 0 Å². The summed E-state index contributed by atoms with van der Waals surface area (Å²) < 4.78 is 5.81. The molecule has 0 saturated carbocycles. The van der Waals surface area contributed by atoms with Crippen molar-refractivity contribution in [2.75, 3.05) is 39.3 Å². The fourth-order valence-corrected chi connectivity index (χ4v) is 1.85. The van der Waals surface area contributed by atoms with Crippen molar-refractivity contribution in [2.45, 2.75) is 32.8 Å². The van der Waals surface area contributed by atoms with Gasteiger partial charge in [0.05, 0.1) is 12.7 Å². The van der Waals surface area contributed by atoms with E-state index in [9.17, 15) is 0 Å². The Morgan fingerprint density at radius 3 is 2.71 bits per heavy atom. The van der Waals surface area contributed by atoms with Gasteiger partial charge in [0.2, 0.25) is 0 Å². The molecule has 84 valence electrons. The number of rotatable bonds is 6. The van der Waals surface area contributed by atoms with Crippen LogP contribution in [0.1, 0.15) is 26.7 Å². The highest BCUT2D eigenvalue weighted by Gasteiger charge is 2.12. The Kier molecular flexibility index (Phi) is 6.15. The van der Waals surface area contributed by atoms with E-state index in [1.165, 1.54) is 12.8 Å². The molecule has 1 aliphatic heterocycles. The zero-order valence-electron chi connectivity index (χ0n) is 9.59. The van der Waals surface area contributed by atoms with Gasteiger partial charge in [0.25, 0.3) is 0 Å². The first-order chi connectivity index (χ1) is 6.86. The maximum atomic E-state index is 5.81. The van der Waals surface area contributed by atoms with Crippen LogP contribution in [0.15, 0.2) is 0 Å². The van der Waals surface area contributed by atoms with E-state index in [0.29, 0.717) is 6.10 Å². The summed E-state index contributed by atoms with van der Waals surface area (Å²) in [7, 11) is 0. The predicted octanol–water partition coefficient (Wildman–Crippen LogP) is 1.10. The first-order valence-electron chi connectivity index (χ1n) is 5.91. The zero-order chi connectivity index (χ0) is 10.2. The third kappa shape index (κ3) is 4.40. The van der Waals surface area contributed by atoms with Crippen molar-refractivity contribution in [3.63, 3.8) is 0 Å². The second-order valence-corrected chi connectivity index (χ2v) is 3.87. The Labute approximate surface area is 87.8 Å². The Morgan fingerprint density at radius 2 is 2.14 bits per heavy atom. The van der Waals surface area contributed by atoms with Crippen molar-refractivity contribution in [3.05, 3.63) is 0 Å². The molecule has 3 heteroatoms. The highest BCUT2D eigenvalue weighted by Crippen LogP contribution is 2.05. The molecule has 3 nitrogen and oxygen atoms in total. The van der Waals surface area contributed by atoms with Gasteiger partial charge in [0, 0.05) is 13.1 Å². The van der Waals surface area contributed by atoms with Gasteiger partial charge >= 0.3 is 0 Å². The molecule has 0 aromatic carbocycles. The van der Waals surface area contributed by atoms with Crippen molar-refractivity contribution >= 4 is 0 Å².